The number of anilines is 1. The van der Waals surface area contributed by atoms with Gasteiger partial charge in [-0.2, -0.15) is 4.31 Å². The molecule has 2 amide bonds. The van der Waals surface area contributed by atoms with E-state index in [0.717, 1.165) is 19.3 Å². The summed E-state index contributed by atoms with van der Waals surface area (Å²) in [7, 11) is -3.80. The number of carbonyl (C=O) groups excluding carboxylic acids is 2. The topological polar surface area (TPSA) is 110 Å². The second-order valence-electron chi connectivity index (χ2n) is 6.47. The average Bonchev–Trinajstić information content (AvgIpc) is 2.69. The molecule has 1 aliphatic rings. The number of nitrogens with zero attached hydrogens (tertiary/aromatic N) is 1. The Kier molecular flexibility index (Phi) is 6.02. The van der Waals surface area contributed by atoms with Crippen molar-refractivity contribution in [3.63, 3.8) is 0 Å². The maximum atomic E-state index is 12.9. The molecule has 1 heterocycles. The molecule has 0 radical (unpaired) electrons. The molecule has 148 valence electrons. The van der Waals surface area contributed by atoms with Gasteiger partial charge in [-0.05, 0) is 43.2 Å². The van der Waals surface area contributed by atoms with Gasteiger partial charge in [-0.25, -0.2) is 8.42 Å². The van der Waals surface area contributed by atoms with Crippen LogP contribution in [0.3, 0.4) is 0 Å². The number of para-hydroxylation sites is 1. The van der Waals surface area contributed by atoms with Crippen molar-refractivity contribution in [1.82, 2.24) is 4.31 Å². The zero-order valence-corrected chi connectivity index (χ0v) is 16.6. The van der Waals surface area contributed by atoms with Crippen LogP contribution in [-0.2, 0) is 10.0 Å². The predicted molar refractivity (Wildman–Crippen MR) is 107 cm³/mol. The third-order valence-corrected chi connectivity index (χ3v) is 6.95. The van der Waals surface area contributed by atoms with Crippen molar-refractivity contribution in [3.05, 3.63) is 58.6 Å². The fraction of sp³-hybridized carbons (Fsp3) is 0.263. The van der Waals surface area contributed by atoms with Gasteiger partial charge in [0.25, 0.3) is 11.8 Å². The van der Waals surface area contributed by atoms with E-state index in [9.17, 15) is 18.0 Å². The van der Waals surface area contributed by atoms with Crippen LogP contribution in [0.5, 0.6) is 0 Å². The summed E-state index contributed by atoms with van der Waals surface area (Å²) in [6.45, 7) is 0.863. The molecule has 7 nitrogen and oxygen atoms in total. The highest BCUT2D eigenvalue weighted by Gasteiger charge is 2.28. The molecule has 1 saturated heterocycles. The maximum Gasteiger partial charge on any atom is 0.255 e. The molecular weight excluding hydrogens is 402 g/mol. The van der Waals surface area contributed by atoms with Crippen LogP contribution < -0.4 is 11.1 Å². The predicted octanol–water partition coefficient (Wildman–Crippen LogP) is 2.87. The number of halogens is 1. The molecular formula is C19H20ClN3O4S. The van der Waals surface area contributed by atoms with Gasteiger partial charge in [0, 0.05) is 18.7 Å². The van der Waals surface area contributed by atoms with E-state index in [1.165, 1.54) is 28.6 Å². The van der Waals surface area contributed by atoms with Crippen molar-refractivity contribution < 1.29 is 18.0 Å². The summed E-state index contributed by atoms with van der Waals surface area (Å²) in [5.74, 6) is -1.25. The lowest BCUT2D eigenvalue weighted by Gasteiger charge is -2.26. The monoisotopic (exact) mass is 421 g/mol. The first-order valence-corrected chi connectivity index (χ1v) is 10.6. The van der Waals surface area contributed by atoms with E-state index in [1.807, 2.05) is 0 Å². The van der Waals surface area contributed by atoms with Crippen LogP contribution in [0.2, 0.25) is 5.02 Å². The Morgan fingerprint density at radius 3 is 2.39 bits per heavy atom. The zero-order chi connectivity index (χ0) is 20.3. The van der Waals surface area contributed by atoms with Gasteiger partial charge >= 0.3 is 0 Å². The third kappa shape index (κ3) is 4.19. The first-order chi connectivity index (χ1) is 13.3. The average molecular weight is 422 g/mol. The van der Waals surface area contributed by atoms with E-state index in [2.05, 4.69) is 5.32 Å². The molecule has 0 unspecified atom stereocenters. The van der Waals surface area contributed by atoms with Gasteiger partial charge < -0.3 is 11.1 Å². The fourth-order valence-electron chi connectivity index (χ4n) is 3.09. The highest BCUT2D eigenvalue weighted by Crippen LogP contribution is 2.28. The first kappa shape index (κ1) is 20.3. The molecule has 0 spiro atoms. The van der Waals surface area contributed by atoms with Crippen LogP contribution in [0.1, 0.15) is 40.0 Å². The van der Waals surface area contributed by atoms with Crippen molar-refractivity contribution >= 4 is 39.1 Å². The van der Waals surface area contributed by atoms with Gasteiger partial charge in [-0.15, -0.1) is 0 Å². The number of rotatable bonds is 5. The molecule has 1 fully saturated rings. The number of nitrogens with one attached hydrogen (secondary N) is 1. The molecule has 2 aromatic rings. The Morgan fingerprint density at radius 2 is 1.71 bits per heavy atom. The Labute approximate surface area is 168 Å². The van der Waals surface area contributed by atoms with E-state index < -0.39 is 21.8 Å². The number of primary amides is 1. The molecule has 0 aromatic heterocycles. The minimum absolute atomic E-state index is 0.0552. The Hall–Kier alpha value is -2.42. The minimum Gasteiger partial charge on any atom is -0.366 e. The molecule has 0 saturated carbocycles. The van der Waals surface area contributed by atoms with Crippen molar-refractivity contribution in [3.8, 4) is 0 Å². The van der Waals surface area contributed by atoms with Crippen LogP contribution in [0, 0.1) is 0 Å². The van der Waals surface area contributed by atoms with Gasteiger partial charge in [0.2, 0.25) is 10.0 Å². The van der Waals surface area contributed by atoms with Crippen molar-refractivity contribution in [2.75, 3.05) is 18.4 Å². The van der Waals surface area contributed by atoms with Gasteiger partial charge in [0.05, 0.1) is 16.3 Å². The minimum atomic E-state index is -3.80. The smallest absolute Gasteiger partial charge is 0.255 e. The van der Waals surface area contributed by atoms with Gasteiger partial charge in [0.1, 0.15) is 4.90 Å². The summed E-state index contributed by atoms with van der Waals surface area (Å²) in [5, 5.41) is 2.65. The SMILES string of the molecule is NC(=O)c1ccccc1NC(=O)c1ccc(Cl)c(S(=O)(=O)N2CCCCC2)c1. The molecule has 0 atom stereocenters. The van der Waals surface area contributed by atoms with Gasteiger partial charge in [-0.1, -0.05) is 30.2 Å². The van der Waals surface area contributed by atoms with Gasteiger partial charge in [-0.3, -0.25) is 9.59 Å². The lowest BCUT2D eigenvalue weighted by molar-refractivity contribution is 0.100. The van der Waals surface area contributed by atoms with E-state index in [1.54, 1.807) is 18.2 Å². The number of hydrogen-bond acceptors (Lipinski definition) is 4. The van der Waals surface area contributed by atoms with E-state index in [-0.39, 0.29) is 26.7 Å². The second kappa shape index (κ2) is 8.30. The zero-order valence-electron chi connectivity index (χ0n) is 15.0. The molecule has 2 aromatic carbocycles. The molecule has 3 rings (SSSR count). The molecule has 0 aliphatic carbocycles. The second-order valence-corrected chi connectivity index (χ2v) is 8.79. The summed E-state index contributed by atoms with van der Waals surface area (Å²) >= 11 is 6.13. The number of piperidine rings is 1. The summed E-state index contributed by atoms with van der Waals surface area (Å²) in [4.78, 5) is 24.0. The lowest BCUT2D eigenvalue weighted by Crippen LogP contribution is -2.35. The van der Waals surface area contributed by atoms with E-state index in [0.29, 0.717) is 13.1 Å². The van der Waals surface area contributed by atoms with E-state index >= 15 is 0 Å². The Morgan fingerprint density at radius 1 is 1.04 bits per heavy atom. The molecule has 28 heavy (non-hydrogen) atoms. The van der Waals surface area contributed by atoms with Crippen molar-refractivity contribution in [2.24, 2.45) is 5.73 Å². The number of hydrogen-bond donors (Lipinski definition) is 2. The number of sulfonamides is 1. The standard InChI is InChI=1S/C19H20ClN3O4S/c20-15-9-8-13(12-17(15)28(26,27)23-10-4-1-5-11-23)19(25)22-16-7-3-2-6-14(16)18(21)24/h2-3,6-9,12H,1,4-5,10-11H2,(H2,21,24)(H,22,25). The largest absolute Gasteiger partial charge is 0.366 e. The lowest BCUT2D eigenvalue weighted by atomic mass is 10.1. The van der Waals surface area contributed by atoms with E-state index in [4.69, 9.17) is 17.3 Å². The number of amides is 2. The molecule has 3 N–H and O–H groups in total. The Balaban J connectivity index is 1.91. The summed E-state index contributed by atoms with van der Waals surface area (Å²) in [6, 6.07) is 10.4. The first-order valence-electron chi connectivity index (χ1n) is 8.80. The Bertz CT molecular complexity index is 1020. The summed E-state index contributed by atoms with van der Waals surface area (Å²) in [5.41, 5.74) is 5.83. The normalized spacial score (nSPS) is 15.2. The van der Waals surface area contributed by atoms with Crippen LogP contribution in [0.15, 0.2) is 47.4 Å². The maximum absolute atomic E-state index is 12.9. The fourth-order valence-corrected chi connectivity index (χ4v) is 5.11. The van der Waals surface area contributed by atoms with Crippen molar-refractivity contribution in [1.29, 1.82) is 0 Å². The summed E-state index contributed by atoms with van der Waals surface area (Å²) in [6.07, 6.45) is 2.57. The van der Waals surface area contributed by atoms with Crippen LogP contribution in [-0.4, -0.2) is 37.6 Å². The quantitative estimate of drug-likeness (QED) is 0.773. The molecule has 1 aliphatic heterocycles. The van der Waals surface area contributed by atoms with Crippen LogP contribution >= 0.6 is 11.6 Å². The number of carbonyl (C=O) groups is 2. The molecule has 9 heteroatoms. The van der Waals surface area contributed by atoms with Crippen LogP contribution in [0.4, 0.5) is 5.69 Å². The van der Waals surface area contributed by atoms with Crippen LogP contribution in [0.25, 0.3) is 0 Å². The highest BCUT2D eigenvalue weighted by atomic mass is 35.5. The number of nitrogens with two attached hydrogens (primary N) is 1. The summed E-state index contributed by atoms with van der Waals surface area (Å²) < 4.78 is 27.3. The molecule has 0 bridgehead atoms. The highest BCUT2D eigenvalue weighted by molar-refractivity contribution is 7.89. The number of benzene rings is 2. The van der Waals surface area contributed by atoms with Crippen molar-refractivity contribution in [2.45, 2.75) is 24.2 Å². The van der Waals surface area contributed by atoms with Gasteiger partial charge in [0.15, 0.2) is 0 Å². The third-order valence-electron chi connectivity index (χ3n) is 4.57.